The number of nitrogens with zero attached hydrogens (tertiary/aromatic N) is 3. The zero-order chi connectivity index (χ0) is 16.8. The molecule has 1 saturated heterocycles. The van der Waals surface area contributed by atoms with Crippen molar-refractivity contribution in [3.05, 3.63) is 42.7 Å². The van der Waals surface area contributed by atoms with Gasteiger partial charge in [0.15, 0.2) is 0 Å². The van der Waals surface area contributed by atoms with Crippen molar-refractivity contribution < 1.29 is 5.11 Å². The molecule has 5 heteroatoms. The van der Waals surface area contributed by atoms with Crippen molar-refractivity contribution in [1.29, 1.82) is 0 Å². The standard InChI is InChI=1S/C19H26N4O/c1-15-7-9-23(10-8-15)14-17(24)11-21-19-13-20-12-18(22-19)16-5-3-2-4-6-16/h2-6,12-13,15,17,24H,7-11,14H2,1H3,(H,21,22)/t17-/m0/s1. The van der Waals surface area contributed by atoms with Gasteiger partial charge < -0.3 is 15.3 Å². The first-order valence-electron chi connectivity index (χ1n) is 8.72. The van der Waals surface area contributed by atoms with E-state index in [1.54, 1.807) is 12.4 Å². The van der Waals surface area contributed by atoms with E-state index < -0.39 is 6.10 Å². The summed E-state index contributed by atoms with van der Waals surface area (Å²) in [5, 5.41) is 13.5. The van der Waals surface area contributed by atoms with E-state index in [0.717, 1.165) is 30.3 Å². The van der Waals surface area contributed by atoms with Crippen LogP contribution >= 0.6 is 0 Å². The second-order valence-electron chi connectivity index (χ2n) is 6.67. The molecule has 0 spiro atoms. The molecule has 1 aromatic carbocycles. The zero-order valence-electron chi connectivity index (χ0n) is 14.2. The lowest BCUT2D eigenvalue weighted by atomic mass is 9.99. The average Bonchev–Trinajstić information content (AvgIpc) is 2.63. The highest BCUT2D eigenvalue weighted by Crippen LogP contribution is 2.17. The summed E-state index contributed by atoms with van der Waals surface area (Å²) in [5.74, 6) is 1.51. The van der Waals surface area contributed by atoms with E-state index in [0.29, 0.717) is 18.9 Å². The van der Waals surface area contributed by atoms with Crippen LogP contribution < -0.4 is 5.32 Å². The summed E-state index contributed by atoms with van der Waals surface area (Å²) >= 11 is 0. The Bertz CT molecular complexity index is 626. The van der Waals surface area contributed by atoms with Gasteiger partial charge in [0.2, 0.25) is 0 Å². The molecule has 0 unspecified atom stereocenters. The molecule has 1 atom stereocenters. The van der Waals surface area contributed by atoms with Gasteiger partial charge in [0.25, 0.3) is 0 Å². The number of benzene rings is 1. The van der Waals surface area contributed by atoms with Gasteiger partial charge in [-0.1, -0.05) is 37.3 Å². The first kappa shape index (κ1) is 16.9. The summed E-state index contributed by atoms with van der Waals surface area (Å²) in [6.07, 6.45) is 5.50. The molecule has 24 heavy (non-hydrogen) atoms. The van der Waals surface area contributed by atoms with Crippen molar-refractivity contribution in [3.8, 4) is 11.3 Å². The summed E-state index contributed by atoms with van der Waals surface area (Å²) in [4.78, 5) is 11.2. The van der Waals surface area contributed by atoms with Crippen molar-refractivity contribution in [2.75, 3.05) is 31.5 Å². The molecule has 0 aliphatic carbocycles. The molecular formula is C19H26N4O. The normalized spacial score (nSPS) is 17.6. The maximum atomic E-state index is 10.3. The molecule has 128 valence electrons. The zero-order valence-corrected chi connectivity index (χ0v) is 14.2. The van der Waals surface area contributed by atoms with Gasteiger partial charge in [-0.2, -0.15) is 0 Å². The van der Waals surface area contributed by atoms with Crippen LogP contribution in [0.2, 0.25) is 0 Å². The number of β-amino-alcohol motifs (C(OH)–C–C–N with tert-alkyl or cyclic N) is 1. The third-order valence-corrected chi connectivity index (χ3v) is 4.57. The Morgan fingerprint density at radius 1 is 1.21 bits per heavy atom. The second-order valence-corrected chi connectivity index (χ2v) is 6.67. The molecule has 0 radical (unpaired) electrons. The fourth-order valence-electron chi connectivity index (χ4n) is 3.03. The van der Waals surface area contributed by atoms with E-state index in [2.05, 4.69) is 27.1 Å². The molecule has 3 rings (SSSR count). The third kappa shape index (κ3) is 4.76. The van der Waals surface area contributed by atoms with Crippen LogP contribution in [0, 0.1) is 5.92 Å². The number of aliphatic hydroxyl groups is 1. The number of piperidine rings is 1. The van der Waals surface area contributed by atoms with Gasteiger partial charge in [0, 0.05) is 18.7 Å². The number of hydrogen-bond donors (Lipinski definition) is 2. The van der Waals surface area contributed by atoms with Gasteiger partial charge in [-0.05, 0) is 31.8 Å². The van der Waals surface area contributed by atoms with E-state index >= 15 is 0 Å². The topological polar surface area (TPSA) is 61.3 Å². The first-order valence-corrected chi connectivity index (χ1v) is 8.72. The minimum Gasteiger partial charge on any atom is -0.390 e. The molecule has 2 heterocycles. The summed E-state index contributed by atoms with van der Waals surface area (Å²) in [6.45, 7) is 5.67. The smallest absolute Gasteiger partial charge is 0.145 e. The Labute approximate surface area is 143 Å². The van der Waals surface area contributed by atoms with Gasteiger partial charge in [0.1, 0.15) is 5.82 Å². The monoisotopic (exact) mass is 326 g/mol. The number of aliphatic hydroxyl groups excluding tert-OH is 1. The summed E-state index contributed by atoms with van der Waals surface area (Å²) in [5.41, 5.74) is 1.87. The van der Waals surface area contributed by atoms with Gasteiger partial charge >= 0.3 is 0 Å². The highest BCUT2D eigenvalue weighted by atomic mass is 16.3. The van der Waals surface area contributed by atoms with E-state index in [-0.39, 0.29) is 0 Å². The highest BCUT2D eigenvalue weighted by Gasteiger charge is 2.18. The second kappa shape index (κ2) is 8.22. The molecule has 1 aliphatic rings. The molecule has 5 nitrogen and oxygen atoms in total. The van der Waals surface area contributed by atoms with Crippen molar-refractivity contribution >= 4 is 5.82 Å². The maximum Gasteiger partial charge on any atom is 0.145 e. The number of rotatable bonds is 6. The van der Waals surface area contributed by atoms with Crippen LogP contribution in [-0.2, 0) is 0 Å². The van der Waals surface area contributed by atoms with Gasteiger partial charge in [0.05, 0.1) is 24.2 Å². The van der Waals surface area contributed by atoms with Crippen LogP contribution in [0.1, 0.15) is 19.8 Å². The van der Waals surface area contributed by atoms with Crippen LogP contribution in [0.3, 0.4) is 0 Å². The molecule has 0 saturated carbocycles. The molecule has 2 aromatic rings. The first-order chi connectivity index (χ1) is 11.7. The summed E-state index contributed by atoms with van der Waals surface area (Å²) in [6, 6.07) is 9.98. The Kier molecular flexibility index (Phi) is 5.77. The number of likely N-dealkylation sites (tertiary alicyclic amines) is 1. The predicted octanol–water partition coefficient (Wildman–Crippen LogP) is 2.65. The summed E-state index contributed by atoms with van der Waals surface area (Å²) < 4.78 is 0. The van der Waals surface area contributed by atoms with Crippen LogP contribution in [0.5, 0.6) is 0 Å². The van der Waals surface area contributed by atoms with Crippen LogP contribution in [0.15, 0.2) is 42.7 Å². The number of aromatic nitrogens is 2. The number of nitrogens with one attached hydrogen (secondary N) is 1. The Morgan fingerprint density at radius 2 is 1.96 bits per heavy atom. The minimum atomic E-state index is -0.402. The SMILES string of the molecule is CC1CCN(C[C@@H](O)CNc2cncc(-c3ccccc3)n2)CC1. The van der Waals surface area contributed by atoms with E-state index in [9.17, 15) is 5.11 Å². The quantitative estimate of drug-likeness (QED) is 0.854. The van der Waals surface area contributed by atoms with E-state index in [1.165, 1.54) is 12.8 Å². The van der Waals surface area contributed by atoms with Crippen molar-refractivity contribution in [2.24, 2.45) is 5.92 Å². The molecule has 2 N–H and O–H groups in total. The Hall–Kier alpha value is -1.98. The maximum absolute atomic E-state index is 10.3. The predicted molar refractivity (Wildman–Crippen MR) is 96.8 cm³/mol. The summed E-state index contributed by atoms with van der Waals surface area (Å²) in [7, 11) is 0. The van der Waals surface area contributed by atoms with Crippen molar-refractivity contribution in [1.82, 2.24) is 14.9 Å². The van der Waals surface area contributed by atoms with Gasteiger partial charge in [-0.15, -0.1) is 0 Å². The molecule has 1 fully saturated rings. The lowest BCUT2D eigenvalue weighted by Gasteiger charge is -2.31. The minimum absolute atomic E-state index is 0.402. The van der Waals surface area contributed by atoms with Crippen molar-refractivity contribution in [2.45, 2.75) is 25.9 Å². The number of anilines is 1. The molecular weight excluding hydrogens is 300 g/mol. The van der Waals surface area contributed by atoms with Crippen LogP contribution in [0.4, 0.5) is 5.82 Å². The fourth-order valence-corrected chi connectivity index (χ4v) is 3.03. The Balaban J connectivity index is 1.51. The highest BCUT2D eigenvalue weighted by molar-refractivity contribution is 5.59. The average molecular weight is 326 g/mol. The van der Waals surface area contributed by atoms with Crippen LogP contribution in [-0.4, -0.2) is 52.3 Å². The van der Waals surface area contributed by atoms with E-state index in [1.807, 2.05) is 30.3 Å². The lowest BCUT2D eigenvalue weighted by molar-refractivity contribution is 0.0989. The fraction of sp³-hybridized carbons (Fsp3) is 0.474. The van der Waals surface area contributed by atoms with Crippen LogP contribution in [0.25, 0.3) is 11.3 Å². The molecule has 1 aliphatic heterocycles. The largest absolute Gasteiger partial charge is 0.390 e. The van der Waals surface area contributed by atoms with Gasteiger partial charge in [-0.3, -0.25) is 4.98 Å². The van der Waals surface area contributed by atoms with Crippen molar-refractivity contribution in [3.63, 3.8) is 0 Å². The van der Waals surface area contributed by atoms with E-state index in [4.69, 9.17) is 0 Å². The van der Waals surface area contributed by atoms with Gasteiger partial charge in [-0.25, -0.2) is 4.98 Å². The molecule has 0 bridgehead atoms. The number of hydrogen-bond acceptors (Lipinski definition) is 5. The molecule has 1 aromatic heterocycles. The lowest BCUT2D eigenvalue weighted by Crippen LogP contribution is -2.40. The molecule has 0 amide bonds. The Morgan fingerprint density at radius 3 is 2.71 bits per heavy atom. The third-order valence-electron chi connectivity index (χ3n) is 4.57.